The van der Waals surface area contributed by atoms with Crippen LogP contribution in [0.2, 0.25) is 0 Å². The van der Waals surface area contributed by atoms with Crippen LogP contribution in [0.5, 0.6) is 0 Å². The molecule has 0 spiro atoms. The molecule has 0 fully saturated rings. The van der Waals surface area contributed by atoms with Gasteiger partial charge in [0, 0.05) is 0 Å². The maximum absolute atomic E-state index is 2.34. The largest absolute Gasteiger partial charge is 0.349 e. The molecule has 1 rings (SSSR count). The lowest BCUT2D eigenvalue weighted by molar-refractivity contribution is -0.556. The van der Waals surface area contributed by atoms with E-state index in [1.165, 1.54) is 28.4 Å². The minimum Gasteiger partial charge on any atom is -0.0844 e. The fourth-order valence-electron chi connectivity index (χ4n) is 1.67. The van der Waals surface area contributed by atoms with Crippen LogP contribution in [-0.4, -0.2) is 0 Å². The Bertz CT molecular complexity index is 410. The molecule has 0 heterocycles. The molecule has 19 heavy (non-hydrogen) atoms. The summed E-state index contributed by atoms with van der Waals surface area (Å²) in [5, 5.41) is 0. The number of hydrogen-bond donors (Lipinski definition) is 0. The van der Waals surface area contributed by atoms with Crippen LogP contribution in [0.25, 0.3) is 0 Å². The van der Waals surface area contributed by atoms with Gasteiger partial charge in [0.15, 0.2) is 7.65 Å². The van der Waals surface area contributed by atoms with Gasteiger partial charge in [0.2, 0.25) is 0 Å². The lowest BCUT2D eigenvalue weighted by atomic mass is 9.82. The summed E-state index contributed by atoms with van der Waals surface area (Å²) in [5.41, 5.74) is 1.75. The minimum atomic E-state index is 0.0187. The van der Waals surface area contributed by atoms with Crippen molar-refractivity contribution >= 4 is 0 Å². The summed E-state index contributed by atoms with van der Waals surface area (Å²) in [4.78, 5) is 0. The van der Waals surface area contributed by atoms with Crippen molar-refractivity contribution in [2.75, 3.05) is 0 Å². The van der Waals surface area contributed by atoms with Crippen LogP contribution in [0.1, 0.15) is 52.5 Å². The summed E-state index contributed by atoms with van der Waals surface area (Å²) >= 11 is 0.0187. The van der Waals surface area contributed by atoms with E-state index in [0.29, 0.717) is 5.41 Å². The molecule has 1 aromatic carbocycles. The van der Waals surface area contributed by atoms with E-state index < -0.39 is 0 Å². The second-order valence-electron chi connectivity index (χ2n) is 5.39. The van der Waals surface area contributed by atoms with Gasteiger partial charge in [0.1, 0.15) is 0 Å². The van der Waals surface area contributed by atoms with E-state index >= 15 is 0 Å². The molecule has 0 N–H and O–H groups in total. The monoisotopic (exact) mass is 369 g/mol. The summed E-state index contributed by atoms with van der Waals surface area (Å²) in [5.74, 6) is 0. The smallest absolute Gasteiger partial charge is 0.0844 e. The van der Waals surface area contributed by atoms with Crippen molar-refractivity contribution in [2.45, 2.75) is 52.4 Å². The second-order valence-corrected chi connectivity index (χ2v) is 7.98. The number of rotatable bonds is 7. The molecule has 0 aliphatic rings. The van der Waals surface area contributed by atoms with E-state index in [9.17, 15) is 0 Å². The number of halogens is 1. The number of allylic oxidation sites excluding steroid dienone is 3. The topological polar surface area (TPSA) is 0 Å². The average molecular weight is 369 g/mol. The van der Waals surface area contributed by atoms with E-state index in [-0.39, 0.29) is 21.2 Å². The van der Waals surface area contributed by atoms with Crippen molar-refractivity contribution in [3.63, 3.8) is 0 Å². The maximum atomic E-state index is 2.34. The Morgan fingerprint density at radius 1 is 1.05 bits per heavy atom. The highest BCUT2D eigenvalue weighted by Crippen LogP contribution is 2.25. The highest BCUT2D eigenvalue weighted by Gasteiger charge is 2.18. The summed E-state index contributed by atoms with van der Waals surface area (Å²) < 4.78 is 3.83. The minimum absolute atomic E-state index is 0.0187. The molecular weight excluding hydrogens is 343 g/mol. The summed E-state index contributed by atoms with van der Waals surface area (Å²) in [6, 6.07) is 9.22. The van der Waals surface area contributed by atoms with Gasteiger partial charge in [-0.2, -0.15) is 0 Å². The molecule has 0 aromatic heterocycles. The predicted molar refractivity (Wildman–Crippen MR) is 81.6 cm³/mol. The van der Waals surface area contributed by atoms with Crippen LogP contribution < -0.4 is 21.2 Å². The third-order valence-electron chi connectivity index (χ3n) is 3.47. The van der Waals surface area contributed by atoms with Crippen molar-refractivity contribution in [3.8, 4) is 0 Å². The molecule has 0 amide bonds. The molecular formula is C18H26I+. The van der Waals surface area contributed by atoms with Crippen LogP contribution in [0.15, 0.2) is 46.6 Å². The van der Waals surface area contributed by atoms with Crippen LogP contribution in [-0.2, 0) is 5.41 Å². The number of unbranched alkanes of at least 4 members (excludes halogenated alkanes) is 1. The van der Waals surface area contributed by atoms with Gasteiger partial charge in [-0.1, -0.05) is 58.4 Å². The van der Waals surface area contributed by atoms with Crippen molar-refractivity contribution in [3.05, 3.63) is 55.7 Å². The van der Waals surface area contributed by atoms with Gasteiger partial charge in [-0.3, -0.25) is 0 Å². The summed E-state index contributed by atoms with van der Waals surface area (Å²) in [6.07, 6.45) is 10.2. The highest BCUT2D eigenvalue weighted by molar-refractivity contribution is 5.22. The molecule has 0 saturated carbocycles. The van der Waals surface area contributed by atoms with Gasteiger partial charge in [0.05, 0.1) is 0 Å². The van der Waals surface area contributed by atoms with Gasteiger partial charge in [-0.25, -0.2) is 0 Å². The van der Waals surface area contributed by atoms with E-state index in [1.807, 2.05) is 0 Å². The Kier molecular flexibility index (Phi) is 7.44. The lowest BCUT2D eigenvalue weighted by Gasteiger charge is -2.22. The van der Waals surface area contributed by atoms with E-state index in [1.54, 1.807) is 0 Å². The summed E-state index contributed by atoms with van der Waals surface area (Å²) in [6.45, 7) is 9.09. The molecule has 0 aliphatic carbocycles. The zero-order valence-electron chi connectivity index (χ0n) is 12.6. The molecule has 0 atom stereocenters. The molecule has 0 nitrogen and oxygen atoms in total. The van der Waals surface area contributed by atoms with Gasteiger partial charge >= 0.3 is 21.2 Å². The fourth-order valence-corrected chi connectivity index (χ4v) is 3.31. The highest BCUT2D eigenvalue weighted by atomic mass is 127. The Hall–Kier alpha value is -0.570. The molecule has 104 valence electrons. The Labute approximate surface area is 129 Å². The normalized spacial score (nSPS) is 12.6. The zero-order valence-corrected chi connectivity index (χ0v) is 14.8. The quantitative estimate of drug-likeness (QED) is 0.512. The van der Waals surface area contributed by atoms with Crippen LogP contribution in [0.3, 0.4) is 0 Å². The SMILES string of the molecule is CCC/C=C/C=C/[I+]c1ccc(C(C)(C)CC)cc1. The Morgan fingerprint density at radius 3 is 2.32 bits per heavy atom. The predicted octanol–water partition coefficient (Wildman–Crippen LogP) is 2.50. The number of hydrogen-bond acceptors (Lipinski definition) is 0. The van der Waals surface area contributed by atoms with Gasteiger partial charge in [-0.05, 0) is 42.0 Å². The average Bonchev–Trinajstić information content (AvgIpc) is 2.43. The standard InChI is InChI=1S/C18H26I/c1-5-7-8-9-10-15-19-17-13-11-16(12-14-17)18(3,4)6-2/h8-15H,5-7H2,1-4H3/q+1/b9-8+,15-10+. The third kappa shape index (κ3) is 5.94. The zero-order chi connectivity index (χ0) is 14.1. The van der Waals surface area contributed by atoms with E-state index in [0.717, 1.165) is 0 Å². The molecule has 0 unspecified atom stereocenters. The van der Waals surface area contributed by atoms with E-state index in [2.05, 4.69) is 74.3 Å². The summed E-state index contributed by atoms with van der Waals surface area (Å²) in [7, 11) is 0. The third-order valence-corrected chi connectivity index (χ3v) is 5.69. The van der Waals surface area contributed by atoms with Gasteiger partial charge in [0.25, 0.3) is 0 Å². The van der Waals surface area contributed by atoms with Crippen molar-refractivity contribution < 1.29 is 21.2 Å². The Balaban J connectivity index is 2.53. The molecule has 0 aliphatic heterocycles. The molecule has 0 radical (unpaired) electrons. The van der Waals surface area contributed by atoms with Gasteiger partial charge in [-0.15, -0.1) is 0 Å². The molecule has 1 heteroatoms. The van der Waals surface area contributed by atoms with Crippen molar-refractivity contribution in [1.29, 1.82) is 0 Å². The molecule has 0 bridgehead atoms. The molecule has 0 saturated heterocycles. The van der Waals surface area contributed by atoms with Crippen LogP contribution in [0, 0.1) is 3.57 Å². The van der Waals surface area contributed by atoms with Gasteiger partial charge < -0.3 is 0 Å². The van der Waals surface area contributed by atoms with Crippen molar-refractivity contribution in [2.24, 2.45) is 0 Å². The molecule has 1 aromatic rings. The first-order chi connectivity index (χ1) is 9.10. The first kappa shape index (κ1) is 16.5. The van der Waals surface area contributed by atoms with Crippen LogP contribution in [0.4, 0.5) is 0 Å². The Morgan fingerprint density at radius 2 is 1.74 bits per heavy atom. The first-order valence-electron chi connectivity index (χ1n) is 7.15. The maximum Gasteiger partial charge on any atom is 0.349 e. The number of benzene rings is 1. The van der Waals surface area contributed by atoms with E-state index in [4.69, 9.17) is 0 Å². The fraction of sp³-hybridized carbons (Fsp3) is 0.444. The first-order valence-corrected chi connectivity index (χ1v) is 9.48. The van der Waals surface area contributed by atoms with Crippen LogP contribution >= 0.6 is 0 Å². The lowest BCUT2D eigenvalue weighted by Crippen LogP contribution is -3.59. The second kappa shape index (κ2) is 8.57. The van der Waals surface area contributed by atoms with Crippen molar-refractivity contribution in [1.82, 2.24) is 0 Å².